The van der Waals surface area contributed by atoms with E-state index in [0.29, 0.717) is 29.3 Å². The summed E-state index contributed by atoms with van der Waals surface area (Å²) in [4.78, 5) is 12.2. The SMILES string of the molecule is CC(CNC(=O)C1C2CCCC21)C(N)=S. The smallest absolute Gasteiger partial charge is 0.223 e. The molecule has 3 nitrogen and oxygen atoms in total. The lowest BCUT2D eigenvalue weighted by Gasteiger charge is -2.11. The van der Waals surface area contributed by atoms with Gasteiger partial charge in [0.15, 0.2) is 0 Å². The summed E-state index contributed by atoms with van der Waals surface area (Å²) in [6, 6.07) is 0. The molecule has 4 heteroatoms. The van der Waals surface area contributed by atoms with Crippen LogP contribution in [0.1, 0.15) is 26.2 Å². The molecule has 2 rings (SSSR count). The van der Waals surface area contributed by atoms with Gasteiger partial charge in [-0.15, -0.1) is 0 Å². The first kappa shape index (κ1) is 10.9. The molecule has 84 valence electrons. The Balaban J connectivity index is 1.72. The van der Waals surface area contributed by atoms with Crippen molar-refractivity contribution in [1.82, 2.24) is 5.32 Å². The van der Waals surface area contributed by atoms with Gasteiger partial charge in [-0.05, 0) is 24.7 Å². The molecule has 0 aromatic rings. The molecule has 0 radical (unpaired) electrons. The van der Waals surface area contributed by atoms with Crippen molar-refractivity contribution in [2.24, 2.45) is 29.4 Å². The minimum atomic E-state index is 0.0996. The first-order valence-electron chi connectivity index (χ1n) is 5.68. The molecule has 2 aliphatic carbocycles. The van der Waals surface area contributed by atoms with E-state index >= 15 is 0 Å². The number of amides is 1. The third-order valence-corrected chi connectivity index (χ3v) is 4.18. The van der Waals surface area contributed by atoms with Crippen LogP contribution in [-0.2, 0) is 4.79 Å². The number of nitrogens with one attached hydrogen (secondary N) is 1. The predicted octanol–water partition coefficient (Wildman–Crippen LogP) is 1.07. The van der Waals surface area contributed by atoms with E-state index in [2.05, 4.69) is 5.32 Å². The molecule has 2 fully saturated rings. The molecule has 3 unspecified atom stereocenters. The van der Waals surface area contributed by atoms with Gasteiger partial charge >= 0.3 is 0 Å². The number of carbonyl (C=O) groups is 1. The fourth-order valence-electron chi connectivity index (χ4n) is 2.68. The van der Waals surface area contributed by atoms with Crippen LogP contribution in [0.2, 0.25) is 0 Å². The van der Waals surface area contributed by atoms with Gasteiger partial charge in [-0.2, -0.15) is 0 Å². The van der Waals surface area contributed by atoms with E-state index in [1.165, 1.54) is 19.3 Å². The number of fused-ring (bicyclic) bond motifs is 1. The molecule has 1 amide bonds. The van der Waals surface area contributed by atoms with Crippen molar-refractivity contribution in [3.05, 3.63) is 0 Å². The normalized spacial score (nSPS) is 34.3. The Hall–Kier alpha value is -0.640. The van der Waals surface area contributed by atoms with E-state index in [4.69, 9.17) is 18.0 Å². The van der Waals surface area contributed by atoms with Crippen LogP contribution in [0.3, 0.4) is 0 Å². The van der Waals surface area contributed by atoms with E-state index in [0.717, 1.165) is 0 Å². The van der Waals surface area contributed by atoms with Crippen molar-refractivity contribution < 1.29 is 4.79 Å². The lowest BCUT2D eigenvalue weighted by atomic mass is 10.1. The highest BCUT2D eigenvalue weighted by Crippen LogP contribution is 2.57. The van der Waals surface area contributed by atoms with Crippen molar-refractivity contribution in [3.63, 3.8) is 0 Å². The van der Waals surface area contributed by atoms with Crippen LogP contribution in [0.15, 0.2) is 0 Å². The Kier molecular flexibility index (Phi) is 2.96. The fraction of sp³-hybridized carbons (Fsp3) is 0.818. The van der Waals surface area contributed by atoms with Gasteiger partial charge in [0, 0.05) is 18.4 Å². The largest absolute Gasteiger partial charge is 0.393 e. The van der Waals surface area contributed by atoms with E-state index < -0.39 is 0 Å². The van der Waals surface area contributed by atoms with Gasteiger partial charge < -0.3 is 11.1 Å². The molecular formula is C11H18N2OS. The Morgan fingerprint density at radius 2 is 2.13 bits per heavy atom. The van der Waals surface area contributed by atoms with Crippen LogP contribution >= 0.6 is 12.2 Å². The van der Waals surface area contributed by atoms with Gasteiger partial charge in [-0.25, -0.2) is 0 Å². The topological polar surface area (TPSA) is 55.1 Å². The van der Waals surface area contributed by atoms with Crippen LogP contribution in [0, 0.1) is 23.7 Å². The van der Waals surface area contributed by atoms with Gasteiger partial charge in [-0.3, -0.25) is 4.79 Å². The van der Waals surface area contributed by atoms with Crippen molar-refractivity contribution in [2.45, 2.75) is 26.2 Å². The molecule has 2 aliphatic rings. The molecule has 2 saturated carbocycles. The zero-order valence-electron chi connectivity index (χ0n) is 9.03. The van der Waals surface area contributed by atoms with E-state index in [1.54, 1.807) is 0 Å². The maximum Gasteiger partial charge on any atom is 0.223 e. The minimum Gasteiger partial charge on any atom is -0.393 e. The summed E-state index contributed by atoms with van der Waals surface area (Å²) in [6.07, 6.45) is 3.80. The lowest BCUT2D eigenvalue weighted by molar-refractivity contribution is -0.123. The zero-order chi connectivity index (χ0) is 11.0. The van der Waals surface area contributed by atoms with E-state index in [1.807, 2.05) is 6.92 Å². The summed E-state index contributed by atoms with van der Waals surface area (Å²) < 4.78 is 0. The Labute approximate surface area is 95.8 Å². The molecule has 3 atom stereocenters. The fourth-order valence-corrected chi connectivity index (χ4v) is 2.77. The highest BCUT2D eigenvalue weighted by molar-refractivity contribution is 7.80. The number of hydrogen-bond donors (Lipinski definition) is 2. The average molecular weight is 226 g/mol. The summed E-state index contributed by atoms with van der Waals surface area (Å²) in [5.74, 6) is 1.99. The summed E-state index contributed by atoms with van der Waals surface area (Å²) >= 11 is 4.86. The van der Waals surface area contributed by atoms with Gasteiger partial charge in [0.05, 0.1) is 4.99 Å². The molecule has 0 aromatic carbocycles. The Morgan fingerprint density at radius 1 is 1.53 bits per heavy atom. The maximum absolute atomic E-state index is 11.8. The Bertz CT molecular complexity index is 282. The van der Waals surface area contributed by atoms with Crippen molar-refractivity contribution in [2.75, 3.05) is 6.54 Å². The summed E-state index contributed by atoms with van der Waals surface area (Å²) in [5, 5.41) is 2.95. The third-order valence-electron chi connectivity index (χ3n) is 3.78. The monoisotopic (exact) mass is 226 g/mol. The highest BCUT2D eigenvalue weighted by Gasteiger charge is 2.56. The predicted molar refractivity (Wildman–Crippen MR) is 63.3 cm³/mol. The van der Waals surface area contributed by atoms with Crippen molar-refractivity contribution >= 4 is 23.1 Å². The number of thiocarbonyl (C=S) groups is 1. The molecule has 0 bridgehead atoms. The molecule has 0 saturated heterocycles. The van der Waals surface area contributed by atoms with Crippen LogP contribution in [0.4, 0.5) is 0 Å². The van der Waals surface area contributed by atoms with Gasteiger partial charge in [0.25, 0.3) is 0 Å². The second kappa shape index (κ2) is 4.08. The molecular weight excluding hydrogens is 208 g/mol. The highest BCUT2D eigenvalue weighted by atomic mass is 32.1. The average Bonchev–Trinajstić information content (AvgIpc) is 2.68. The summed E-state index contributed by atoms with van der Waals surface area (Å²) in [6.45, 7) is 2.53. The van der Waals surface area contributed by atoms with E-state index in [9.17, 15) is 4.79 Å². The number of carbonyl (C=O) groups excluding carboxylic acids is 1. The number of hydrogen-bond acceptors (Lipinski definition) is 2. The second-order valence-corrected chi connectivity index (χ2v) is 5.30. The first-order valence-corrected chi connectivity index (χ1v) is 6.09. The van der Waals surface area contributed by atoms with Gasteiger partial charge in [-0.1, -0.05) is 25.6 Å². The molecule has 0 aliphatic heterocycles. The number of nitrogens with two attached hydrogens (primary N) is 1. The summed E-state index contributed by atoms with van der Waals surface area (Å²) in [5.41, 5.74) is 5.49. The first-order chi connectivity index (χ1) is 7.11. The van der Waals surface area contributed by atoms with Gasteiger partial charge in [0.2, 0.25) is 5.91 Å². The summed E-state index contributed by atoms with van der Waals surface area (Å²) in [7, 11) is 0. The van der Waals surface area contributed by atoms with Crippen LogP contribution in [0.5, 0.6) is 0 Å². The van der Waals surface area contributed by atoms with Crippen LogP contribution in [-0.4, -0.2) is 17.4 Å². The quantitative estimate of drug-likeness (QED) is 0.705. The standard InChI is InChI=1S/C11H18N2OS/c1-6(10(12)15)5-13-11(14)9-7-3-2-4-8(7)9/h6-9H,2-5H2,1H3,(H2,12,15)(H,13,14). The molecule has 0 spiro atoms. The second-order valence-electron chi connectivity index (χ2n) is 4.83. The lowest BCUT2D eigenvalue weighted by Crippen LogP contribution is -2.35. The molecule has 3 N–H and O–H groups in total. The van der Waals surface area contributed by atoms with Crippen molar-refractivity contribution in [3.8, 4) is 0 Å². The zero-order valence-corrected chi connectivity index (χ0v) is 9.85. The van der Waals surface area contributed by atoms with Crippen molar-refractivity contribution in [1.29, 1.82) is 0 Å². The molecule has 0 heterocycles. The van der Waals surface area contributed by atoms with Crippen LogP contribution < -0.4 is 11.1 Å². The Morgan fingerprint density at radius 3 is 2.67 bits per heavy atom. The van der Waals surface area contributed by atoms with Gasteiger partial charge in [0.1, 0.15) is 0 Å². The molecule has 0 aromatic heterocycles. The van der Waals surface area contributed by atoms with Crippen LogP contribution in [0.25, 0.3) is 0 Å². The number of rotatable bonds is 4. The molecule has 15 heavy (non-hydrogen) atoms. The maximum atomic E-state index is 11.8. The minimum absolute atomic E-state index is 0.0996. The van der Waals surface area contributed by atoms with E-state index in [-0.39, 0.29) is 11.8 Å². The third kappa shape index (κ3) is 2.14.